The SMILES string of the molecule is NC(=O)CNC(=O)C1CC(=O)N(C2CCOCC2)C1. The van der Waals surface area contributed by atoms with Crippen LogP contribution in [-0.2, 0) is 19.1 Å². The highest BCUT2D eigenvalue weighted by molar-refractivity contribution is 5.91. The molecule has 0 aliphatic carbocycles. The van der Waals surface area contributed by atoms with E-state index in [1.165, 1.54) is 0 Å². The van der Waals surface area contributed by atoms with Crippen LogP contribution in [0.5, 0.6) is 0 Å². The van der Waals surface area contributed by atoms with Gasteiger partial charge in [0.05, 0.1) is 12.5 Å². The number of likely N-dealkylation sites (tertiary alicyclic amines) is 1. The zero-order valence-corrected chi connectivity index (χ0v) is 10.8. The molecule has 2 fully saturated rings. The third-order valence-electron chi connectivity index (χ3n) is 3.60. The summed E-state index contributed by atoms with van der Waals surface area (Å²) in [7, 11) is 0. The summed E-state index contributed by atoms with van der Waals surface area (Å²) in [5.41, 5.74) is 4.97. The van der Waals surface area contributed by atoms with E-state index >= 15 is 0 Å². The van der Waals surface area contributed by atoms with Crippen LogP contribution in [0.15, 0.2) is 0 Å². The Bertz CT molecular complexity index is 379. The summed E-state index contributed by atoms with van der Waals surface area (Å²) in [6, 6.07) is 0.176. The van der Waals surface area contributed by atoms with Crippen LogP contribution < -0.4 is 11.1 Å². The fourth-order valence-electron chi connectivity index (χ4n) is 2.58. The van der Waals surface area contributed by atoms with E-state index in [-0.39, 0.29) is 36.7 Å². The van der Waals surface area contributed by atoms with Gasteiger partial charge < -0.3 is 20.7 Å². The Morgan fingerprint density at radius 3 is 2.68 bits per heavy atom. The first kappa shape index (κ1) is 13.8. The number of hydrogen-bond donors (Lipinski definition) is 2. The van der Waals surface area contributed by atoms with Crippen LogP contribution in [0.4, 0.5) is 0 Å². The summed E-state index contributed by atoms with van der Waals surface area (Å²) in [6.45, 7) is 1.56. The number of primary amides is 1. The quantitative estimate of drug-likeness (QED) is 0.656. The molecule has 0 saturated carbocycles. The Hall–Kier alpha value is -1.63. The van der Waals surface area contributed by atoms with Crippen molar-refractivity contribution in [3.63, 3.8) is 0 Å². The fourth-order valence-corrected chi connectivity index (χ4v) is 2.58. The first-order valence-electron chi connectivity index (χ1n) is 6.51. The molecule has 0 radical (unpaired) electrons. The molecule has 7 heteroatoms. The van der Waals surface area contributed by atoms with Crippen molar-refractivity contribution in [2.45, 2.75) is 25.3 Å². The van der Waals surface area contributed by atoms with Crippen LogP contribution in [-0.4, -0.2) is 55.0 Å². The fraction of sp³-hybridized carbons (Fsp3) is 0.750. The number of nitrogens with two attached hydrogens (primary N) is 1. The monoisotopic (exact) mass is 269 g/mol. The number of nitrogens with one attached hydrogen (secondary N) is 1. The Kier molecular flexibility index (Phi) is 4.36. The summed E-state index contributed by atoms with van der Waals surface area (Å²) in [6.07, 6.45) is 1.85. The molecule has 2 heterocycles. The molecule has 1 unspecified atom stereocenters. The van der Waals surface area contributed by atoms with Gasteiger partial charge in [-0.05, 0) is 12.8 Å². The average Bonchev–Trinajstić information content (AvgIpc) is 2.79. The van der Waals surface area contributed by atoms with Gasteiger partial charge in [-0.3, -0.25) is 14.4 Å². The Labute approximate surface area is 111 Å². The molecule has 0 aromatic rings. The lowest BCUT2D eigenvalue weighted by Crippen LogP contribution is -2.42. The molecule has 7 nitrogen and oxygen atoms in total. The molecular weight excluding hydrogens is 250 g/mol. The second-order valence-electron chi connectivity index (χ2n) is 4.97. The third-order valence-corrected chi connectivity index (χ3v) is 3.60. The summed E-state index contributed by atoms with van der Waals surface area (Å²) in [5.74, 6) is -1.23. The minimum Gasteiger partial charge on any atom is -0.381 e. The van der Waals surface area contributed by atoms with Crippen molar-refractivity contribution in [1.29, 1.82) is 0 Å². The Balaban J connectivity index is 1.87. The highest BCUT2D eigenvalue weighted by Gasteiger charge is 2.38. The number of rotatable bonds is 4. The van der Waals surface area contributed by atoms with Crippen molar-refractivity contribution in [2.24, 2.45) is 11.7 Å². The van der Waals surface area contributed by atoms with Crippen LogP contribution in [0, 0.1) is 5.92 Å². The van der Waals surface area contributed by atoms with Gasteiger partial charge in [-0.15, -0.1) is 0 Å². The molecule has 19 heavy (non-hydrogen) atoms. The molecule has 3 amide bonds. The lowest BCUT2D eigenvalue weighted by molar-refractivity contribution is -0.131. The molecule has 3 N–H and O–H groups in total. The van der Waals surface area contributed by atoms with Crippen LogP contribution in [0.1, 0.15) is 19.3 Å². The summed E-state index contributed by atoms with van der Waals surface area (Å²) >= 11 is 0. The topological polar surface area (TPSA) is 102 Å². The van der Waals surface area contributed by atoms with Gasteiger partial charge >= 0.3 is 0 Å². The van der Waals surface area contributed by atoms with Gasteiger partial charge in [0.15, 0.2) is 0 Å². The molecule has 2 rings (SSSR count). The number of nitrogens with zero attached hydrogens (tertiary/aromatic N) is 1. The van der Waals surface area contributed by atoms with E-state index in [9.17, 15) is 14.4 Å². The molecule has 0 spiro atoms. The van der Waals surface area contributed by atoms with Gasteiger partial charge in [0.25, 0.3) is 0 Å². The van der Waals surface area contributed by atoms with Crippen LogP contribution in [0.2, 0.25) is 0 Å². The second-order valence-corrected chi connectivity index (χ2v) is 4.97. The predicted molar refractivity (Wildman–Crippen MR) is 65.9 cm³/mol. The van der Waals surface area contributed by atoms with Crippen molar-refractivity contribution in [1.82, 2.24) is 10.2 Å². The zero-order valence-electron chi connectivity index (χ0n) is 10.8. The molecule has 106 valence electrons. The van der Waals surface area contributed by atoms with Crippen molar-refractivity contribution < 1.29 is 19.1 Å². The zero-order chi connectivity index (χ0) is 13.8. The van der Waals surface area contributed by atoms with E-state index < -0.39 is 5.91 Å². The van der Waals surface area contributed by atoms with E-state index in [0.717, 1.165) is 12.8 Å². The van der Waals surface area contributed by atoms with Crippen molar-refractivity contribution in [3.8, 4) is 0 Å². The first-order chi connectivity index (χ1) is 9.08. The Morgan fingerprint density at radius 1 is 1.37 bits per heavy atom. The number of carbonyl (C=O) groups excluding carboxylic acids is 3. The molecule has 0 bridgehead atoms. The number of ether oxygens (including phenoxy) is 1. The lowest BCUT2D eigenvalue weighted by Gasteiger charge is -2.31. The maximum Gasteiger partial charge on any atom is 0.236 e. The van der Waals surface area contributed by atoms with Gasteiger partial charge in [-0.2, -0.15) is 0 Å². The first-order valence-corrected chi connectivity index (χ1v) is 6.51. The van der Waals surface area contributed by atoms with E-state index in [4.69, 9.17) is 10.5 Å². The standard InChI is InChI=1S/C12H19N3O4/c13-10(16)6-14-12(18)8-5-11(17)15(7-8)9-1-3-19-4-2-9/h8-9H,1-7H2,(H2,13,16)(H,14,18). The normalized spacial score (nSPS) is 24.5. The maximum atomic E-state index is 11.9. The van der Waals surface area contributed by atoms with E-state index in [1.807, 2.05) is 0 Å². The highest BCUT2D eigenvalue weighted by Crippen LogP contribution is 2.24. The maximum absolute atomic E-state index is 11.9. The van der Waals surface area contributed by atoms with Gasteiger partial charge in [0.1, 0.15) is 0 Å². The molecule has 0 aromatic carbocycles. The van der Waals surface area contributed by atoms with Crippen LogP contribution in [0.3, 0.4) is 0 Å². The summed E-state index contributed by atoms with van der Waals surface area (Å²) in [5, 5.41) is 2.45. The molecule has 2 aliphatic heterocycles. The lowest BCUT2D eigenvalue weighted by atomic mass is 10.1. The van der Waals surface area contributed by atoms with Crippen molar-refractivity contribution in [2.75, 3.05) is 26.3 Å². The number of amides is 3. The minimum atomic E-state index is -0.584. The predicted octanol–water partition coefficient (Wildman–Crippen LogP) is -1.38. The van der Waals surface area contributed by atoms with E-state index in [2.05, 4.69) is 5.32 Å². The van der Waals surface area contributed by atoms with Crippen LogP contribution in [0.25, 0.3) is 0 Å². The molecule has 2 aliphatic rings. The molecule has 0 aromatic heterocycles. The average molecular weight is 269 g/mol. The highest BCUT2D eigenvalue weighted by atomic mass is 16.5. The van der Waals surface area contributed by atoms with Crippen molar-refractivity contribution in [3.05, 3.63) is 0 Å². The second kappa shape index (κ2) is 6.01. The molecular formula is C12H19N3O4. The van der Waals surface area contributed by atoms with Crippen molar-refractivity contribution >= 4 is 17.7 Å². The smallest absolute Gasteiger partial charge is 0.236 e. The minimum absolute atomic E-state index is 0.00567. The summed E-state index contributed by atoms with van der Waals surface area (Å²) in [4.78, 5) is 36.1. The summed E-state index contributed by atoms with van der Waals surface area (Å²) < 4.78 is 5.27. The van der Waals surface area contributed by atoms with Crippen LogP contribution >= 0.6 is 0 Å². The Morgan fingerprint density at radius 2 is 2.05 bits per heavy atom. The number of hydrogen-bond acceptors (Lipinski definition) is 4. The largest absolute Gasteiger partial charge is 0.381 e. The molecule has 2 saturated heterocycles. The van der Waals surface area contributed by atoms with E-state index in [1.54, 1.807) is 4.90 Å². The number of carbonyl (C=O) groups is 3. The van der Waals surface area contributed by atoms with Gasteiger partial charge in [0.2, 0.25) is 17.7 Å². The van der Waals surface area contributed by atoms with Gasteiger partial charge in [-0.1, -0.05) is 0 Å². The van der Waals surface area contributed by atoms with E-state index in [0.29, 0.717) is 19.8 Å². The third kappa shape index (κ3) is 3.44. The van der Waals surface area contributed by atoms with Gasteiger partial charge in [-0.25, -0.2) is 0 Å². The van der Waals surface area contributed by atoms with Gasteiger partial charge in [0, 0.05) is 32.2 Å². The molecule has 1 atom stereocenters.